The van der Waals surface area contributed by atoms with Crippen molar-refractivity contribution < 1.29 is 4.79 Å². The molecule has 0 spiro atoms. The third-order valence-electron chi connectivity index (χ3n) is 4.36. The average molecular weight is 357 g/mol. The fraction of sp³-hybridized carbons (Fsp3) is 0.412. The van der Waals surface area contributed by atoms with Crippen LogP contribution in [0.25, 0.3) is 0 Å². The van der Waals surface area contributed by atoms with Crippen LogP contribution in [0.4, 0.5) is 5.82 Å². The minimum Gasteiger partial charge on any atom is -0.352 e. The molecule has 0 radical (unpaired) electrons. The number of carbonyl (C=O) groups excluding carboxylic acids is 1. The molecule has 0 aliphatic carbocycles. The number of aryl methyl sites for hydroxylation is 1. The van der Waals surface area contributed by atoms with Crippen molar-refractivity contribution in [2.45, 2.75) is 32.4 Å². The van der Waals surface area contributed by atoms with Gasteiger partial charge in [-0.2, -0.15) is 5.26 Å². The molecule has 1 N–H and O–H groups in total. The zero-order chi connectivity index (χ0) is 17.8. The molecule has 0 aromatic carbocycles. The number of nitrogens with zero attached hydrogens (tertiary/aromatic N) is 4. The number of nitriles is 1. The molecule has 0 atom stereocenters. The Kier molecular flexibility index (Phi) is 5.14. The maximum Gasteiger partial charge on any atom is 0.293 e. The number of thiophene rings is 1. The highest BCUT2D eigenvalue weighted by Crippen LogP contribution is 2.18. The van der Waals surface area contributed by atoms with Gasteiger partial charge in [-0.3, -0.25) is 9.59 Å². The van der Waals surface area contributed by atoms with Crippen molar-refractivity contribution in [1.29, 1.82) is 5.26 Å². The largest absolute Gasteiger partial charge is 0.352 e. The summed E-state index contributed by atoms with van der Waals surface area (Å²) in [6.07, 6.45) is 4.81. The van der Waals surface area contributed by atoms with E-state index in [0.717, 1.165) is 12.8 Å². The molecule has 2 aromatic heterocycles. The van der Waals surface area contributed by atoms with Crippen molar-refractivity contribution in [2.75, 3.05) is 18.0 Å². The number of nitrogens with one attached hydrogen (secondary N) is 1. The van der Waals surface area contributed by atoms with E-state index in [-0.39, 0.29) is 17.5 Å². The van der Waals surface area contributed by atoms with Crippen LogP contribution < -0.4 is 15.8 Å². The predicted octanol–water partition coefficient (Wildman–Crippen LogP) is 1.60. The fourth-order valence-electron chi connectivity index (χ4n) is 2.96. The number of carbonyl (C=O) groups is 1. The Hall–Kier alpha value is -2.66. The van der Waals surface area contributed by atoms with Crippen molar-refractivity contribution in [3.63, 3.8) is 0 Å². The summed E-state index contributed by atoms with van der Waals surface area (Å²) in [5.41, 5.74) is 0.332. The van der Waals surface area contributed by atoms with Crippen LogP contribution in [-0.4, -0.2) is 34.6 Å². The molecule has 1 saturated heterocycles. The van der Waals surface area contributed by atoms with Gasteiger partial charge in [-0.25, -0.2) is 4.98 Å². The molecule has 1 fully saturated rings. The van der Waals surface area contributed by atoms with Gasteiger partial charge in [0.1, 0.15) is 10.9 Å². The maximum absolute atomic E-state index is 12.3. The number of aromatic nitrogens is 2. The van der Waals surface area contributed by atoms with E-state index < -0.39 is 0 Å². The lowest BCUT2D eigenvalue weighted by Gasteiger charge is -2.32. The van der Waals surface area contributed by atoms with Gasteiger partial charge in [0.15, 0.2) is 5.82 Å². The number of amides is 1. The lowest BCUT2D eigenvalue weighted by Crippen LogP contribution is -2.46. The van der Waals surface area contributed by atoms with Crippen molar-refractivity contribution in [2.24, 2.45) is 0 Å². The second-order valence-electron chi connectivity index (χ2n) is 5.85. The van der Waals surface area contributed by atoms with Gasteiger partial charge in [-0.1, -0.05) is 0 Å². The van der Waals surface area contributed by atoms with Gasteiger partial charge in [0.05, 0.1) is 5.56 Å². The highest BCUT2D eigenvalue weighted by molar-refractivity contribution is 7.12. The van der Waals surface area contributed by atoms with Gasteiger partial charge < -0.3 is 14.8 Å². The zero-order valence-electron chi connectivity index (χ0n) is 13.9. The molecule has 2 aromatic rings. The number of rotatable bonds is 4. The average Bonchev–Trinajstić information content (AvgIpc) is 3.12. The first-order valence-corrected chi connectivity index (χ1v) is 9.10. The number of anilines is 1. The van der Waals surface area contributed by atoms with E-state index in [1.165, 1.54) is 11.3 Å². The minimum atomic E-state index is -0.198. The van der Waals surface area contributed by atoms with Crippen molar-refractivity contribution in [3.05, 3.63) is 44.6 Å². The van der Waals surface area contributed by atoms with E-state index >= 15 is 0 Å². The smallest absolute Gasteiger partial charge is 0.293 e. The molecular formula is C17H19N5O2S. The molecule has 1 aliphatic heterocycles. The van der Waals surface area contributed by atoms with Gasteiger partial charge in [-0.05, 0) is 31.2 Å². The van der Waals surface area contributed by atoms with E-state index in [2.05, 4.69) is 10.3 Å². The molecule has 130 valence electrons. The molecule has 3 rings (SSSR count). The van der Waals surface area contributed by atoms with E-state index in [0.29, 0.717) is 35.9 Å². The van der Waals surface area contributed by atoms with Crippen LogP contribution in [0, 0.1) is 11.3 Å². The standard InChI is InChI=1S/C17H19N5O2S/c1-2-21-9-6-19-15(17(21)24)22-7-3-13(4-8-22)20-16(23)14-12(11-18)5-10-25-14/h5-6,9-10,13H,2-4,7-8H2,1H3,(H,20,23). The van der Waals surface area contributed by atoms with Crippen LogP contribution in [0.5, 0.6) is 0 Å². The first-order chi connectivity index (χ1) is 12.1. The molecule has 3 heterocycles. The van der Waals surface area contributed by atoms with Gasteiger partial charge in [-0.15, -0.1) is 11.3 Å². The summed E-state index contributed by atoms with van der Waals surface area (Å²) in [4.78, 5) is 31.3. The summed E-state index contributed by atoms with van der Waals surface area (Å²) in [7, 11) is 0. The van der Waals surface area contributed by atoms with Crippen LogP contribution >= 0.6 is 11.3 Å². The number of piperidine rings is 1. The molecule has 1 aliphatic rings. The quantitative estimate of drug-likeness (QED) is 0.897. The first kappa shape index (κ1) is 17.2. The Labute approximate surface area is 149 Å². The first-order valence-electron chi connectivity index (χ1n) is 8.23. The predicted molar refractivity (Wildman–Crippen MR) is 95.9 cm³/mol. The maximum atomic E-state index is 12.3. The van der Waals surface area contributed by atoms with E-state index in [1.54, 1.807) is 28.4 Å². The summed E-state index contributed by atoms with van der Waals surface area (Å²) in [6.45, 7) is 3.86. The molecule has 7 nitrogen and oxygen atoms in total. The van der Waals surface area contributed by atoms with Crippen LogP contribution in [0.1, 0.15) is 35.0 Å². The van der Waals surface area contributed by atoms with Crippen LogP contribution in [0.3, 0.4) is 0 Å². The molecule has 1 amide bonds. The minimum absolute atomic E-state index is 0.0366. The van der Waals surface area contributed by atoms with Crippen LogP contribution in [0.2, 0.25) is 0 Å². The summed E-state index contributed by atoms with van der Waals surface area (Å²) >= 11 is 1.28. The van der Waals surface area contributed by atoms with Gasteiger partial charge in [0, 0.05) is 38.1 Å². The lowest BCUT2D eigenvalue weighted by molar-refractivity contribution is 0.0935. The molecule has 0 saturated carbocycles. The van der Waals surface area contributed by atoms with E-state index in [9.17, 15) is 9.59 Å². The number of hydrogen-bond donors (Lipinski definition) is 1. The Bertz CT molecular complexity index is 858. The molecular weight excluding hydrogens is 338 g/mol. The van der Waals surface area contributed by atoms with Crippen LogP contribution in [-0.2, 0) is 6.54 Å². The highest BCUT2D eigenvalue weighted by Gasteiger charge is 2.24. The van der Waals surface area contributed by atoms with Crippen molar-refractivity contribution in [3.8, 4) is 6.07 Å². The Morgan fingerprint density at radius 1 is 1.48 bits per heavy atom. The lowest BCUT2D eigenvalue weighted by atomic mass is 10.0. The number of hydrogen-bond acceptors (Lipinski definition) is 6. The molecule has 25 heavy (non-hydrogen) atoms. The Balaban J connectivity index is 1.62. The van der Waals surface area contributed by atoms with E-state index in [1.807, 2.05) is 17.9 Å². The van der Waals surface area contributed by atoms with Gasteiger partial charge in [0.25, 0.3) is 11.5 Å². The molecule has 0 bridgehead atoms. The SMILES string of the molecule is CCn1ccnc(N2CCC(NC(=O)c3sccc3C#N)CC2)c1=O. The zero-order valence-corrected chi connectivity index (χ0v) is 14.8. The Morgan fingerprint density at radius 3 is 2.92 bits per heavy atom. The molecule has 8 heteroatoms. The van der Waals surface area contributed by atoms with E-state index in [4.69, 9.17) is 5.26 Å². The fourth-order valence-corrected chi connectivity index (χ4v) is 3.71. The summed E-state index contributed by atoms with van der Waals surface area (Å²) < 4.78 is 1.64. The van der Waals surface area contributed by atoms with Gasteiger partial charge >= 0.3 is 0 Å². The normalized spacial score (nSPS) is 15.0. The summed E-state index contributed by atoms with van der Waals surface area (Å²) in [5, 5.41) is 13.8. The van der Waals surface area contributed by atoms with Crippen molar-refractivity contribution >= 4 is 23.1 Å². The second kappa shape index (κ2) is 7.49. The summed E-state index contributed by atoms with van der Waals surface area (Å²) in [6, 6.07) is 3.73. The highest BCUT2D eigenvalue weighted by atomic mass is 32.1. The van der Waals surface area contributed by atoms with Crippen molar-refractivity contribution in [1.82, 2.24) is 14.9 Å². The summed E-state index contributed by atoms with van der Waals surface area (Å²) in [5.74, 6) is 0.273. The molecule has 0 unspecified atom stereocenters. The third-order valence-corrected chi connectivity index (χ3v) is 5.27. The van der Waals surface area contributed by atoms with Crippen LogP contribution in [0.15, 0.2) is 28.6 Å². The second-order valence-corrected chi connectivity index (χ2v) is 6.77. The Morgan fingerprint density at radius 2 is 2.24 bits per heavy atom. The monoisotopic (exact) mass is 357 g/mol. The third kappa shape index (κ3) is 3.56. The topological polar surface area (TPSA) is 91.0 Å². The van der Waals surface area contributed by atoms with Gasteiger partial charge in [0.2, 0.25) is 0 Å².